The Bertz CT molecular complexity index is 925. The van der Waals surface area contributed by atoms with E-state index in [1.165, 1.54) is 0 Å². The van der Waals surface area contributed by atoms with Crippen LogP contribution in [0.3, 0.4) is 0 Å². The summed E-state index contributed by atoms with van der Waals surface area (Å²) in [6, 6.07) is 0. The smallest absolute Gasteiger partial charge is 0.243 e. The molecule has 4 atom stereocenters. The minimum atomic E-state index is -1.63. The van der Waals surface area contributed by atoms with Gasteiger partial charge in [-0.25, -0.2) is 4.31 Å². The van der Waals surface area contributed by atoms with Crippen LogP contribution in [0.1, 0.15) is 25.7 Å². The van der Waals surface area contributed by atoms with Crippen LogP contribution in [0.15, 0.2) is 24.3 Å². The van der Waals surface area contributed by atoms with Gasteiger partial charge in [0.2, 0.25) is 31.0 Å². The number of halogens is 8. The molecule has 1 saturated heterocycles. The number of rotatable bonds is 8. The SMILES string of the molecule is NC(=O)C1CC=CCC1C(=O)NSC(Cl)(Cl)C(Cl)Cl.O=C1C2CC=CCC2C(=O)N1SC(Cl)(Cl)C(Cl)Cl. The van der Waals surface area contributed by atoms with Gasteiger partial charge in [0.25, 0.3) is 0 Å². The van der Waals surface area contributed by atoms with E-state index in [4.69, 9.17) is 98.5 Å². The van der Waals surface area contributed by atoms with Crippen LogP contribution in [0.25, 0.3) is 0 Å². The van der Waals surface area contributed by atoms with Crippen molar-refractivity contribution in [1.29, 1.82) is 0 Å². The van der Waals surface area contributed by atoms with Gasteiger partial charge >= 0.3 is 0 Å². The number of nitrogens with zero attached hydrogens (tertiary/aromatic N) is 1. The summed E-state index contributed by atoms with van der Waals surface area (Å²) in [6.07, 6.45) is 9.47. The summed E-state index contributed by atoms with van der Waals surface area (Å²) in [5.74, 6) is -3.15. The summed E-state index contributed by atoms with van der Waals surface area (Å²) in [5.41, 5.74) is 5.27. The number of primary amides is 1. The fourth-order valence-electron chi connectivity index (χ4n) is 3.68. The number of allylic oxidation sites excluding steroid dienone is 4. The Morgan fingerprint density at radius 3 is 1.70 bits per heavy atom. The van der Waals surface area contributed by atoms with Gasteiger partial charge in [0.15, 0.2) is 9.67 Å². The van der Waals surface area contributed by atoms with Gasteiger partial charge in [0, 0.05) is 11.9 Å². The highest BCUT2D eigenvalue weighted by molar-refractivity contribution is 8.02. The topological polar surface area (TPSA) is 110 Å². The number of nitrogens with one attached hydrogen (secondary N) is 1. The van der Waals surface area contributed by atoms with Crippen molar-refractivity contribution in [3.8, 4) is 0 Å². The van der Waals surface area contributed by atoms with Crippen molar-refractivity contribution in [2.24, 2.45) is 29.4 Å². The Morgan fingerprint density at radius 2 is 1.27 bits per heavy atom. The van der Waals surface area contributed by atoms with Gasteiger partial charge in [-0.2, -0.15) is 0 Å². The quantitative estimate of drug-likeness (QED) is 0.133. The van der Waals surface area contributed by atoms with E-state index < -0.39 is 34.7 Å². The first kappa shape index (κ1) is 33.8. The monoisotopic (exact) mass is 711 g/mol. The molecule has 0 bridgehead atoms. The first-order chi connectivity index (χ1) is 17.1. The lowest BCUT2D eigenvalue weighted by Crippen LogP contribution is -2.40. The predicted octanol–water partition coefficient (Wildman–Crippen LogP) is 6.27. The molecule has 0 aromatic heterocycles. The zero-order chi connectivity index (χ0) is 28.1. The summed E-state index contributed by atoms with van der Waals surface area (Å²) in [4.78, 5) is 45.3. The Hall–Kier alpha value is 0.580. The number of hydrogen-bond acceptors (Lipinski definition) is 6. The molecule has 1 fully saturated rings. The van der Waals surface area contributed by atoms with E-state index >= 15 is 0 Å². The van der Waals surface area contributed by atoms with E-state index in [1.54, 1.807) is 0 Å². The van der Waals surface area contributed by atoms with Gasteiger partial charge < -0.3 is 5.73 Å². The third kappa shape index (κ3) is 9.03. The molecule has 3 N–H and O–H groups in total. The predicted molar refractivity (Wildman–Crippen MR) is 155 cm³/mol. The Kier molecular flexibility index (Phi) is 13.2. The highest BCUT2D eigenvalue weighted by atomic mass is 35.6. The van der Waals surface area contributed by atoms with Gasteiger partial charge in [0.1, 0.15) is 0 Å². The van der Waals surface area contributed by atoms with Crippen LogP contribution < -0.4 is 10.5 Å². The largest absolute Gasteiger partial charge is 0.369 e. The summed E-state index contributed by atoms with van der Waals surface area (Å²) in [6.45, 7) is 0. The minimum absolute atomic E-state index is 0.279. The third-order valence-electron chi connectivity index (χ3n) is 5.61. The maximum Gasteiger partial charge on any atom is 0.243 e. The highest BCUT2D eigenvalue weighted by Crippen LogP contribution is 2.48. The zero-order valence-corrected chi connectivity index (χ0v) is 26.3. The van der Waals surface area contributed by atoms with Crippen molar-refractivity contribution in [2.75, 3.05) is 0 Å². The van der Waals surface area contributed by atoms with E-state index in [1.807, 2.05) is 24.3 Å². The number of carbonyl (C=O) groups is 4. The number of carbonyl (C=O) groups excluding carboxylic acids is 4. The molecule has 1 aliphatic heterocycles. The lowest BCUT2D eigenvalue weighted by molar-refractivity contribution is -0.133. The van der Waals surface area contributed by atoms with E-state index in [9.17, 15) is 19.2 Å². The molecule has 4 amide bonds. The normalized spacial score (nSPS) is 25.7. The Labute approximate surface area is 263 Å². The minimum Gasteiger partial charge on any atom is -0.369 e. The second-order valence-corrected chi connectivity index (χ2v) is 16.2. The van der Waals surface area contributed by atoms with Gasteiger partial charge in [-0.3, -0.25) is 23.9 Å². The lowest BCUT2D eigenvalue weighted by Gasteiger charge is -2.26. The summed E-state index contributed by atoms with van der Waals surface area (Å²) >= 11 is 47.1. The van der Waals surface area contributed by atoms with Crippen LogP contribution in [0, 0.1) is 23.7 Å². The third-order valence-corrected chi connectivity index (χ3v) is 11.9. The number of nitrogens with two attached hydrogens (primary N) is 1. The molecule has 3 rings (SSSR count). The van der Waals surface area contributed by atoms with Crippen LogP contribution in [0.5, 0.6) is 0 Å². The van der Waals surface area contributed by atoms with Crippen LogP contribution in [-0.2, 0) is 19.2 Å². The van der Waals surface area contributed by atoms with Crippen molar-refractivity contribution in [3.63, 3.8) is 0 Å². The molecule has 0 saturated carbocycles. The highest BCUT2D eigenvalue weighted by Gasteiger charge is 2.51. The van der Waals surface area contributed by atoms with Gasteiger partial charge in [0.05, 0.1) is 23.7 Å². The molecule has 208 valence electrons. The Morgan fingerprint density at radius 1 is 0.838 bits per heavy atom. The van der Waals surface area contributed by atoms with E-state index in [2.05, 4.69) is 4.72 Å². The molecule has 0 spiro atoms. The molecule has 0 radical (unpaired) electrons. The van der Waals surface area contributed by atoms with Crippen LogP contribution in [0.2, 0.25) is 0 Å². The van der Waals surface area contributed by atoms with Crippen molar-refractivity contribution in [3.05, 3.63) is 24.3 Å². The van der Waals surface area contributed by atoms with Gasteiger partial charge in [-0.15, -0.1) is 46.4 Å². The fraction of sp³-hybridized carbons (Fsp3) is 0.600. The van der Waals surface area contributed by atoms with E-state index in [-0.39, 0.29) is 29.6 Å². The average Bonchev–Trinajstić information content (AvgIpc) is 3.07. The fourth-order valence-corrected chi connectivity index (χ4v) is 6.08. The van der Waals surface area contributed by atoms with E-state index in [0.29, 0.717) is 49.6 Å². The lowest BCUT2D eigenvalue weighted by atomic mass is 9.82. The summed E-state index contributed by atoms with van der Waals surface area (Å²) < 4.78 is 0.269. The van der Waals surface area contributed by atoms with Gasteiger partial charge in [-0.1, -0.05) is 70.7 Å². The van der Waals surface area contributed by atoms with E-state index in [0.717, 1.165) is 4.31 Å². The summed E-state index contributed by atoms with van der Waals surface area (Å²) in [5, 5.41) is 0. The van der Waals surface area contributed by atoms with Crippen LogP contribution >= 0.6 is 117 Å². The molecule has 7 nitrogen and oxygen atoms in total. The molecule has 1 heterocycles. The first-order valence-corrected chi connectivity index (χ1v) is 15.4. The molecule has 3 aliphatic rings. The van der Waals surface area contributed by atoms with Crippen molar-refractivity contribution < 1.29 is 19.2 Å². The second-order valence-electron chi connectivity index (χ2n) is 8.07. The average molecular weight is 715 g/mol. The molecule has 37 heavy (non-hydrogen) atoms. The summed E-state index contributed by atoms with van der Waals surface area (Å²) in [7, 11) is 0. The van der Waals surface area contributed by atoms with Crippen molar-refractivity contribution >= 4 is 140 Å². The molecule has 4 unspecified atom stereocenters. The standard InChI is InChI=1S/C10H12Cl4N2O2S.C10H9Cl4NO2S/c11-9(12)10(13,14)19-16-8(18)6-4-2-1-3-5(6)7(15)17;11-9(12)10(13,14)18-15-7(16)5-3-1-2-4-6(5)8(15)17/h1-2,5-6,9H,3-4H2,(H2,15,17)(H,16,18);1-2,5-6,9H,3-4H2. The first-order valence-electron chi connectivity index (χ1n) is 10.6. The van der Waals surface area contributed by atoms with Crippen molar-refractivity contribution in [2.45, 2.75) is 42.7 Å². The molecule has 0 aromatic carbocycles. The molecule has 0 aromatic rings. The number of hydrogen-bond donors (Lipinski definition) is 2. The molecule has 2 aliphatic carbocycles. The van der Waals surface area contributed by atoms with Crippen LogP contribution in [-0.4, -0.2) is 44.9 Å². The molecule has 17 heteroatoms. The number of fused-ring (bicyclic) bond motifs is 1. The molecular weight excluding hydrogens is 694 g/mol. The number of amides is 4. The van der Waals surface area contributed by atoms with Crippen LogP contribution in [0.4, 0.5) is 0 Å². The second kappa shape index (κ2) is 14.5. The number of imide groups is 1. The number of alkyl halides is 8. The van der Waals surface area contributed by atoms with Crippen molar-refractivity contribution in [1.82, 2.24) is 9.03 Å². The maximum absolute atomic E-state index is 12.1. The maximum atomic E-state index is 12.1. The molecular formula is C20H21Cl8N3O4S2. The van der Waals surface area contributed by atoms with Gasteiger partial charge in [-0.05, 0) is 37.6 Å². The zero-order valence-electron chi connectivity index (χ0n) is 18.6. The Balaban J connectivity index is 0.000000260.